The molecule has 0 aromatic rings. The lowest BCUT2D eigenvalue weighted by Gasteiger charge is -2.20. The monoisotopic (exact) mass is 956 g/mol. The van der Waals surface area contributed by atoms with Gasteiger partial charge in [0.2, 0.25) is 0 Å². The molecule has 0 saturated carbocycles. The number of carbonyl (C=O) groups excluding carboxylic acids is 2. The maximum Gasteiger partial charge on any atom is 0.472 e. The predicted molar refractivity (Wildman–Crippen MR) is 255 cm³/mol. The molecular formula is C48H78O15P2. The van der Waals surface area contributed by atoms with E-state index in [1.165, 1.54) is 38.2 Å². The van der Waals surface area contributed by atoms with Crippen LogP contribution < -0.4 is 0 Å². The number of unbranched alkanes of at least 4 members (excludes halogenated alkanes) is 6. The maximum atomic E-state index is 12.7. The first kappa shape index (κ1) is 61.7. The second-order valence-corrected chi connectivity index (χ2v) is 17.7. The van der Waals surface area contributed by atoms with Crippen molar-refractivity contribution in [2.75, 3.05) is 26.4 Å². The molecule has 0 spiro atoms. The number of hydrogen-bond acceptors (Lipinski definition) is 12. The second-order valence-electron chi connectivity index (χ2n) is 15.0. The van der Waals surface area contributed by atoms with E-state index in [4.69, 9.17) is 23.8 Å². The van der Waals surface area contributed by atoms with Crippen molar-refractivity contribution in [2.24, 2.45) is 0 Å². The normalized spacial score (nSPS) is 15.9. The lowest BCUT2D eigenvalue weighted by atomic mass is 10.1. The van der Waals surface area contributed by atoms with Crippen LogP contribution in [-0.4, -0.2) is 92.8 Å². The van der Waals surface area contributed by atoms with Gasteiger partial charge in [-0.05, 0) is 77.0 Å². The average molecular weight is 957 g/mol. The number of rotatable bonds is 41. The van der Waals surface area contributed by atoms with Gasteiger partial charge in [0.25, 0.3) is 0 Å². The highest BCUT2D eigenvalue weighted by Crippen LogP contribution is 2.43. The zero-order chi connectivity index (χ0) is 48.3. The molecule has 5 atom stereocenters. The number of carbonyl (C=O) groups is 2. The van der Waals surface area contributed by atoms with Gasteiger partial charge in [-0.3, -0.25) is 23.2 Å². The number of aliphatic hydroxyl groups is 3. The third-order valence-electron chi connectivity index (χ3n) is 8.83. The average Bonchev–Trinajstić information content (AvgIpc) is 3.26. The SMILES string of the molecule is CCCCC/C=C\C/C=C\C/C=C\C/C=C\C/C=C\CCC(=O)OC[C@H](COP(=O)(O)OC[C@@H](O)COP(=O)(O)O)OC(=O)CCC[C@@H](O)\C=C/C=C/C=C/[C@@H](O)C/C=C\CCCCC. The van der Waals surface area contributed by atoms with Crippen LogP contribution in [-0.2, 0) is 41.8 Å². The molecule has 0 fully saturated rings. The molecule has 0 aliphatic heterocycles. The summed E-state index contributed by atoms with van der Waals surface area (Å²) in [6, 6.07) is 0. The van der Waals surface area contributed by atoms with Crippen molar-refractivity contribution in [3.05, 3.63) is 109 Å². The van der Waals surface area contributed by atoms with Gasteiger partial charge in [-0.1, -0.05) is 149 Å². The minimum Gasteiger partial charge on any atom is -0.462 e. The van der Waals surface area contributed by atoms with Crippen LogP contribution in [0.5, 0.6) is 0 Å². The first-order chi connectivity index (χ1) is 31.2. The van der Waals surface area contributed by atoms with E-state index in [0.29, 0.717) is 19.3 Å². The van der Waals surface area contributed by atoms with E-state index >= 15 is 0 Å². The molecule has 0 aliphatic rings. The second kappa shape index (κ2) is 42.1. The van der Waals surface area contributed by atoms with Gasteiger partial charge in [0.1, 0.15) is 12.7 Å². The van der Waals surface area contributed by atoms with E-state index in [9.17, 15) is 38.9 Å². The number of esters is 2. The maximum absolute atomic E-state index is 12.7. The topological polar surface area (TPSA) is 236 Å². The van der Waals surface area contributed by atoms with Crippen molar-refractivity contribution >= 4 is 27.6 Å². The smallest absolute Gasteiger partial charge is 0.462 e. The lowest BCUT2D eigenvalue weighted by molar-refractivity contribution is -0.161. The molecule has 65 heavy (non-hydrogen) atoms. The first-order valence-electron chi connectivity index (χ1n) is 22.8. The number of phosphoric ester groups is 2. The summed E-state index contributed by atoms with van der Waals surface area (Å²) in [6.07, 6.45) is 44.3. The van der Waals surface area contributed by atoms with E-state index in [2.05, 4.69) is 71.5 Å². The Morgan fingerprint density at radius 1 is 0.523 bits per heavy atom. The Bertz CT molecular complexity index is 1590. The summed E-state index contributed by atoms with van der Waals surface area (Å²) in [4.78, 5) is 52.7. The standard InChI is InChI=1S/C48H78O15P2/c1-3-5-7-9-11-12-13-14-15-16-17-18-19-20-21-22-23-25-31-37-47(52)59-41-46(42-62-65(57,58)61-40-45(51)39-60-64(54,55)56)63-48(53)38-32-36-44(50)35-30-27-26-29-34-43(49)33-28-24-10-8-6-4-2/h11-12,14-15,17-18,20-21,23-30,34-35,43-46,49-51H,3-10,13,16,19,22,31-33,36-42H2,1-2H3,(H,57,58)(H2,54,55,56)/b12-11-,15-14-,18-17-,21-20-,25-23-,27-26+,28-24-,34-29+,35-30-/t43-,44-,45-,46+/m0/s1. The quantitative estimate of drug-likeness (QED) is 0.0110. The Labute approximate surface area is 387 Å². The molecule has 0 aromatic carbocycles. The molecule has 6 N–H and O–H groups in total. The molecule has 0 heterocycles. The van der Waals surface area contributed by atoms with Crippen LogP contribution in [0.4, 0.5) is 0 Å². The van der Waals surface area contributed by atoms with Crippen LogP contribution in [0.15, 0.2) is 109 Å². The van der Waals surface area contributed by atoms with E-state index in [0.717, 1.165) is 38.5 Å². The van der Waals surface area contributed by atoms with Crippen molar-refractivity contribution in [2.45, 2.75) is 154 Å². The van der Waals surface area contributed by atoms with Crippen molar-refractivity contribution in [1.82, 2.24) is 0 Å². The highest BCUT2D eigenvalue weighted by Gasteiger charge is 2.28. The number of ether oxygens (including phenoxy) is 2. The summed E-state index contributed by atoms with van der Waals surface area (Å²) in [5.74, 6) is -1.38. The van der Waals surface area contributed by atoms with E-state index in [-0.39, 0.29) is 25.7 Å². The fourth-order valence-electron chi connectivity index (χ4n) is 5.29. The Hall–Kier alpha value is -3.30. The van der Waals surface area contributed by atoms with Crippen LogP contribution in [0.3, 0.4) is 0 Å². The zero-order valence-electron chi connectivity index (χ0n) is 38.5. The van der Waals surface area contributed by atoms with Crippen molar-refractivity contribution in [3.8, 4) is 0 Å². The summed E-state index contributed by atoms with van der Waals surface area (Å²) >= 11 is 0. The molecule has 0 radical (unpaired) electrons. The zero-order valence-corrected chi connectivity index (χ0v) is 40.3. The number of phosphoric acid groups is 2. The van der Waals surface area contributed by atoms with E-state index in [1.807, 2.05) is 24.3 Å². The van der Waals surface area contributed by atoms with Gasteiger partial charge in [-0.15, -0.1) is 0 Å². The van der Waals surface area contributed by atoms with Crippen LogP contribution in [0, 0.1) is 0 Å². The molecule has 0 bridgehead atoms. The Kier molecular flexibility index (Phi) is 39.9. The van der Waals surface area contributed by atoms with E-state index in [1.54, 1.807) is 30.4 Å². The van der Waals surface area contributed by atoms with Gasteiger partial charge < -0.3 is 39.5 Å². The number of allylic oxidation sites excluding steroid dienone is 15. The highest BCUT2D eigenvalue weighted by molar-refractivity contribution is 7.47. The fourth-order valence-corrected chi connectivity index (χ4v) is 6.44. The Balaban J connectivity index is 4.88. The van der Waals surface area contributed by atoms with Crippen LogP contribution in [0.2, 0.25) is 0 Å². The molecule has 0 aliphatic carbocycles. The van der Waals surface area contributed by atoms with Gasteiger partial charge in [0.05, 0.1) is 32.0 Å². The summed E-state index contributed by atoms with van der Waals surface area (Å²) in [7, 11) is -9.81. The third kappa shape index (κ3) is 45.6. The van der Waals surface area contributed by atoms with Gasteiger partial charge >= 0.3 is 27.6 Å². The molecule has 370 valence electrons. The highest BCUT2D eigenvalue weighted by atomic mass is 31.2. The van der Waals surface area contributed by atoms with Crippen LogP contribution >= 0.6 is 15.6 Å². The number of hydrogen-bond donors (Lipinski definition) is 6. The van der Waals surface area contributed by atoms with Crippen molar-refractivity contribution in [3.63, 3.8) is 0 Å². The van der Waals surface area contributed by atoms with Gasteiger partial charge in [-0.25, -0.2) is 9.13 Å². The molecular weight excluding hydrogens is 878 g/mol. The molecule has 0 aromatic heterocycles. The molecule has 15 nitrogen and oxygen atoms in total. The lowest BCUT2D eigenvalue weighted by Crippen LogP contribution is -2.30. The van der Waals surface area contributed by atoms with Gasteiger partial charge in [0, 0.05) is 12.8 Å². The van der Waals surface area contributed by atoms with Crippen LogP contribution in [0.1, 0.15) is 129 Å². The largest absolute Gasteiger partial charge is 0.472 e. The fraction of sp³-hybridized carbons (Fsp3) is 0.583. The predicted octanol–water partition coefficient (Wildman–Crippen LogP) is 9.83. The molecule has 0 rings (SSSR count). The molecule has 17 heteroatoms. The minimum absolute atomic E-state index is 0.0124. The Morgan fingerprint density at radius 3 is 1.57 bits per heavy atom. The van der Waals surface area contributed by atoms with Crippen molar-refractivity contribution < 1.29 is 71.8 Å². The summed E-state index contributed by atoms with van der Waals surface area (Å²) in [5.41, 5.74) is 0. The molecule has 0 amide bonds. The van der Waals surface area contributed by atoms with Crippen LogP contribution in [0.25, 0.3) is 0 Å². The molecule has 0 saturated heterocycles. The Morgan fingerprint density at radius 2 is 1.02 bits per heavy atom. The first-order valence-corrected chi connectivity index (χ1v) is 25.8. The minimum atomic E-state index is -4.91. The number of aliphatic hydroxyl groups excluding tert-OH is 3. The van der Waals surface area contributed by atoms with Gasteiger partial charge in [-0.2, -0.15) is 0 Å². The summed E-state index contributed by atoms with van der Waals surface area (Å²) in [5, 5.41) is 30.1. The van der Waals surface area contributed by atoms with Crippen molar-refractivity contribution in [1.29, 1.82) is 0 Å². The summed E-state index contributed by atoms with van der Waals surface area (Å²) < 4.78 is 47.5. The molecule has 1 unspecified atom stereocenters. The van der Waals surface area contributed by atoms with Gasteiger partial charge in [0.15, 0.2) is 6.10 Å². The summed E-state index contributed by atoms with van der Waals surface area (Å²) in [6.45, 7) is 1.29. The van der Waals surface area contributed by atoms with E-state index < -0.39 is 78.4 Å². The third-order valence-corrected chi connectivity index (χ3v) is 10.3.